The largest absolute Gasteiger partial charge is 0.504 e. The predicted octanol–water partition coefficient (Wildman–Crippen LogP) is -0.949. The number of hydrogen-bond acceptors (Lipinski definition) is 8. The second-order valence-corrected chi connectivity index (χ2v) is 3.62. The van der Waals surface area contributed by atoms with Gasteiger partial charge in [-0.3, -0.25) is 10.1 Å². The number of nitrogens with one attached hydrogen (secondary N) is 2. The first-order valence-corrected chi connectivity index (χ1v) is 5.20. The Morgan fingerprint density at radius 1 is 1.26 bits per heavy atom. The van der Waals surface area contributed by atoms with E-state index in [2.05, 4.69) is 10.6 Å². The van der Waals surface area contributed by atoms with E-state index in [-0.39, 0.29) is 12.1 Å². The molecule has 0 aliphatic heterocycles. The number of carbonyl (C=O) groups excluding carboxylic acids is 1. The molecule has 19 heavy (non-hydrogen) atoms. The minimum absolute atomic E-state index is 0.0861. The van der Waals surface area contributed by atoms with Crippen molar-refractivity contribution in [2.75, 3.05) is 6.61 Å². The third kappa shape index (κ3) is 3.53. The first-order valence-electron chi connectivity index (χ1n) is 5.20. The van der Waals surface area contributed by atoms with Crippen LogP contribution >= 0.6 is 0 Å². The van der Waals surface area contributed by atoms with Crippen LogP contribution in [0.2, 0.25) is 0 Å². The van der Waals surface area contributed by atoms with Crippen molar-refractivity contribution in [1.29, 1.82) is 0 Å². The molecule has 1 atom stereocenters. The van der Waals surface area contributed by atoms with Gasteiger partial charge in [-0.1, -0.05) is 6.07 Å². The van der Waals surface area contributed by atoms with Gasteiger partial charge in [0.1, 0.15) is 6.04 Å². The van der Waals surface area contributed by atoms with Crippen LogP contribution in [0.15, 0.2) is 17.4 Å². The quantitative estimate of drug-likeness (QED) is 0.222. The monoisotopic (exact) mass is 271 g/mol. The lowest BCUT2D eigenvalue weighted by Gasteiger charge is -2.14. The van der Waals surface area contributed by atoms with E-state index in [9.17, 15) is 19.9 Å². The number of nitroso groups, excluding NO2 is 1. The van der Waals surface area contributed by atoms with Gasteiger partial charge in [0.2, 0.25) is 5.75 Å². The van der Waals surface area contributed by atoms with E-state index in [4.69, 9.17) is 10.2 Å². The number of aliphatic hydroxyl groups excluding tert-OH is 1. The van der Waals surface area contributed by atoms with Gasteiger partial charge >= 0.3 is 0 Å². The molecular formula is C10H13N3O6. The van der Waals surface area contributed by atoms with Gasteiger partial charge in [-0.2, -0.15) is 0 Å². The molecule has 0 aliphatic rings. The van der Waals surface area contributed by atoms with Crippen molar-refractivity contribution in [3.63, 3.8) is 0 Å². The highest BCUT2D eigenvalue weighted by atomic mass is 16.3. The lowest BCUT2D eigenvalue weighted by molar-refractivity contribution is -0.124. The molecule has 1 amide bonds. The zero-order valence-corrected chi connectivity index (χ0v) is 9.70. The lowest BCUT2D eigenvalue weighted by atomic mass is 10.1. The van der Waals surface area contributed by atoms with Gasteiger partial charge in [0, 0.05) is 12.1 Å². The van der Waals surface area contributed by atoms with E-state index in [0.717, 1.165) is 6.07 Å². The van der Waals surface area contributed by atoms with Gasteiger partial charge < -0.3 is 20.4 Å². The number of benzene rings is 1. The summed E-state index contributed by atoms with van der Waals surface area (Å²) in [5, 5.41) is 41.6. The number of phenolic OH excluding ortho intramolecular Hbond substituents is 3. The Labute approximate surface area is 107 Å². The van der Waals surface area contributed by atoms with Crippen LogP contribution in [-0.4, -0.2) is 39.0 Å². The normalized spacial score (nSPS) is 11.8. The summed E-state index contributed by atoms with van der Waals surface area (Å²) in [4.78, 5) is 21.1. The fourth-order valence-electron chi connectivity index (χ4n) is 1.35. The number of nitrogens with zero attached hydrogens (tertiary/aromatic N) is 1. The van der Waals surface area contributed by atoms with Crippen molar-refractivity contribution in [1.82, 2.24) is 10.7 Å². The number of hydrogen-bond donors (Lipinski definition) is 6. The van der Waals surface area contributed by atoms with Crippen LogP contribution < -0.4 is 10.7 Å². The van der Waals surface area contributed by atoms with Gasteiger partial charge in [-0.25, -0.2) is 5.43 Å². The van der Waals surface area contributed by atoms with Gasteiger partial charge in [0.15, 0.2) is 11.5 Å². The van der Waals surface area contributed by atoms with Crippen molar-refractivity contribution in [2.45, 2.75) is 12.6 Å². The van der Waals surface area contributed by atoms with E-state index < -0.39 is 35.8 Å². The topological polar surface area (TPSA) is 151 Å². The molecular weight excluding hydrogens is 258 g/mol. The first kappa shape index (κ1) is 14.7. The molecule has 0 saturated heterocycles. The second-order valence-electron chi connectivity index (χ2n) is 3.62. The Morgan fingerprint density at radius 3 is 2.53 bits per heavy atom. The van der Waals surface area contributed by atoms with Crippen molar-refractivity contribution in [3.05, 3.63) is 22.6 Å². The van der Waals surface area contributed by atoms with Crippen LogP contribution in [0.1, 0.15) is 5.56 Å². The Morgan fingerprint density at radius 2 is 1.95 bits per heavy atom. The second kappa shape index (κ2) is 6.52. The third-order valence-electron chi connectivity index (χ3n) is 2.41. The number of aliphatic hydroxyl groups is 1. The molecule has 0 bridgehead atoms. The van der Waals surface area contributed by atoms with Crippen LogP contribution in [0, 0.1) is 4.91 Å². The number of aromatic hydroxyl groups is 3. The molecule has 1 unspecified atom stereocenters. The summed E-state index contributed by atoms with van der Waals surface area (Å²) in [5.41, 5.74) is 1.82. The lowest BCUT2D eigenvalue weighted by Crippen LogP contribution is -2.44. The Balaban J connectivity index is 2.73. The molecule has 9 nitrogen and oxygen atoms in total. The van der Waals surface area contributed by atoms with Crippen LogP contribution in [0.4, 0.5) is 0 Å². The molecule has 0 saturated carbocycles. The molecule has 104 valence electrons. The third-order valence-corrected chi connectivity index (χ3v) is 2.41. The summed E-state index contributed by atoms with van der Waals surface area (Å²) in [7, 11) is 0. The molecule has 9 heteroatoms. The van der Waals surface area contributed by atoms with E-state index in [1.807, 2.05) is 0 Å². The molecule has 0 spiro atoms. The van der Waals surface area contributed by atoms with Crippen molar-refractivity contribution in [3.8, 4) is 17.2 Å². The predicted molar refractivity (Wildman–Crippen MR) is 63.1 cm³/mol. The fraction of sp³-hybridized carbons (Fsp3) is 0.300. The van der Waals surface area contributed by atoms with E-state index in [0.29, 0.717) is 0 Å². The molecule has 1 aromatic rings. The molecule has 0 aromatic heterocycles. The SMILES string of the molecule is O=NNC(=O)C(CO)NCc1ccc(O)c(O)c1O. The van der Waals surface area contributed by atoms with Gasteiger partial charge in [-0.05, 0) is 6.07 Å². The molecule has 0 fully saturated rings. The summed E-state index contributed by atoms with van der Waals surface area (Å²) in [6, 6.07) is 1.38. The molecule has 0 radical (unpaired) electrons. The van der Waals surface area contributed by atoms with Gasteiger partial charge in [-0.15, -0.1) is 4.91 Å². The Bertz CT molecular complexity index is 479. The van der Waals surface area contributed by atoms with Crippen LogP contribution in [-0.2, 0) is 11.3 Å². The van der Waals surface area contributed by atoms with Crippen molar-refractivity contribution in [2.24, 2.45) is 5.29 Å². The summed E-state index contributed by atoms with van der Waals surface area (Å²) in [6.07, 6.45) is 0. The average molecular weight is 271 g/mol. The van der Waals surface area contributed by atoms with E-state index in [1.54, 1.807) is 5.43 Å². The smallest absolute Gasteiger partial charge is 0.262 e. The highest BCUT2D eigenvalue weighted by molar-refractivity contribution is 5.81. The van der Waals surface area contributed by atoms with E-state index >= 15 is 0 Å². The number of carbonyl (C=O) groups is 1. The van der Waals surface area contributed by atoms with Gasteiger partial charge in [0.05, 0.1) is 11.9 Å². The standard InChI is InChI=1S/C10H13N3O6/c14-4-6(10(18)12-13-19)11-3-5-1-2-7(15)9(17)8(5)16/h1-2,6,11,14-17H,3-4H2,(H,12,18,19). The molecule has 1 aromatic carbocycles. The van der Waals surface area contributed by atoms with E-state index in [1.165, 1.54) is 6.07 Å². The Hall–Kier alpha value is -2.39. The number of rotatable bonds is 6. The highest BCUT2D eigenvalue weighted by Gasteiger charge is 2.18. The molecule has 0 heterocycles. The van der Waals surface area contributed by atoms with Gasteiger partial charge in [0.25, 0.3) is 5.91 Å². The fourth-order valence-corrected chi connectivity index (χ4v) is 1.35. The maximum atomic E-state index is 11.2. The number of amides is 1. The minimum atomic E-state index is -1.10. The maximum absolute atomic E-state index is 11.2. The molecule has 1 rings (SSSR count). The van der Waals surface area contributed by atoms with Crippen LogP contribution in [0.25, 0.3) is 0 Å². The summed E-state index contributed by atoms with van der Waals surface area (Å²) >= 11 is 0. The van der Waals surface area contributed by atoms with Crippen LogP contribution in [0.3, 0.4) is 0 Å². The highest BCUT2D eigenvalue weighted by Crippen LogP contribution is 2.36. The van der Waals surface area contributed by atoms with Crippen molar-refractivity contribution >= 4 is 5.91 Å². The number of phenols is 3. The zero-order valence-electron chi connectivity index (χ0n) is 9.70. The maximum Gasteiger partial charge on any atom is 0.262 e. The molecule has 0 aliphatic carbocycles. The van der Waals surface area contributed by atoms with Crippen molar-refractivity contribution < 1.29 is 25.2 Å². The summed E-state index contributed by atoms with van der Waals surface area (Å²) in [6.45, 7) is -0.677. The summed E-state index contributed by atoms with van der Waals surface area (Å²) < 4.78 is 0. The van der Waals surface area contributed by atoms with Crippen LogP contribution in [0.5, 0.6) is 17.2 Å². The molecule has 6 N–H and O–H groups in total. The minimum Gasteiger partial charge on any atom is -0.504 e. The average Bonchev–Trinajstić information content (AvgIpc) is 2.39. The first-order chi connectivity index (χ1) is 9.01. The summed E-state index contributed by atoms with van der Waals surface area (Å²) in [5.74, 6) is -2.54. The zero-order chi connectivity index (χ0) is 14.4. The Kier molecular flexibility index (Phi) is 5.03.